The first-order valence-corrected chi connectivity index (χ1v) is 8.14. The maximum absolute atomic E-state index is 11.9. The van der Waals surface area contributed by atoms with Crippen molar-refractivity contribution in [1.82, 2.24) is 0 Å². The number of rotatable bonds is 6. The smallest absolute Gasteiger partial charge is 0.165 e. The van der Waals surface area contributed by atoms with Gasteiger partial charge >= 0.3 is 0 Å². The van der Waals surface area contributed by atoms with Crippen LogP contribution in [0.1, 0.15) is 59.5 Å². The highest BCUT2D eigenvalue weighted by Crippen LogP contribution is 2.15. The number of hydrogen-bond donors (Lipinski definition) is 0. The third kappa shape index (κ3) is 4.38. The number of carbonyl (C=O) groups excluding carboxylic acids is 2. The van der Waals surface area contributed by atoms with Gasteiger partial charge in [-0.05, 0) is 17.5 Å². The Balaban J connectivity index is 2.08. The topological polar surface area (TPSA) is 34.1 Å². The van der Waals surface area contributed by atoms with Crippen molar-refractivity contribution in [3.8, 4) is 0 Å². The van der Waals surface area contributed by atoms with E-state index >= 15 is 0 Å². The molecule has 0 unspecified atom stereocenters. The van der Waals surface area contributed by atoms with Gasteiger partial charge in [0.05, 0.1) is 0 Å². The zero-order chi connectivity index (χ0) is 17.0. The van der Waals surface area contributed by atoms with Crippen LogP contribution in [-0.2, 0) is 6.42 Å². The highest BCUT2D eigenvalue weighted by molar-refractivity contribution is 5.97. The molecule has 2 nitrogen and oxygen atoms in total. The molecule has 2 aromatic carbocycles. The summed E-state index contributed by atoms with van der Waals surface area (Å²) >= 11 is 0. The van der Waals surface area contributed by atoms with Gasteiger partial charge in [0.1, 0.15) is 0 Å². The van der Waals surface area contributed by atoms with Gasteiger partial charge in [-0.1, -0.05) is 76.2 Å². The minimum absolute atomic E-state index is 0.0203. The van der Waals surface area contributed by atoms with Crippen molar-refractivity contribution in [1.29, 1.82) is 0 Å². The number of hydrogen-bond acceptors (Lipinski definition) is 2. The van der Waals surface area contributed by atoms with Crippen molar-refractivity contribution in [3.05, 3.63) is 70.8 Å². The van der Waals surface area contributed by atoms with Gasteiger partial charge in [0.15, 0.2) is 11.6 Å². The van der Waals surface area contributed by atoms with Crippen LogP contribution in [0.4, 0.5) is 0 Å². The molecule has 0 aliphatic carbocycles. The van der Waals surface area contributed by atoms with E-state index in [1.807, 2.05) is 76.2 Å². The lowest BCUT2D eigenvalue weighted by Gasteiger charge is -2.08. The average molecular weight is 308 g/mol. The zero-order valence-electron chi connectivity index (χ0n) is 14.3. The van der Waals surface area contributed by atoms with E-state index in [4.69, 9.17) is 0 Å². The molecule has 0 heterocycles. The SMILES string of the molecule is CC(C)C(=O)c1ccc(Cc2ccc(C(=O)C(C)C)cc2)cc1. The van der Waals surface area contributed by atoms with E-state index in [0.717, 1.165) is 28.7 Å². The molecular formula is C21H24O2. The maximum atomic E-state index is 11.9. The summed E-state index contributed by atoms with van der Waals surface area (Å²) in [5, 5.41) is 0. The minimum atomic E-state index is 0.0203. The van der Waals surface area contributed by atoms with Gasteiger partial charge in [-0.2, -0.15) is 0 Å². The van der Waals surface area contributed by atoms with Gasteiger partial charge in [-0.3, -0.25) is 9.59 Å². The molecule has 2 rings (SSSR count). The molecule has 0 saturated heterocycles. The molecule has 0 spiro atoms. The van der Waals surface area contributed by atoms with Crippen LogP contribution in [0, 0.1) is 11.8 Å². The predicted octanol–water partition coefficient (Wildman–Crippen LogP) is 4.95. The summed E-state index contributed by atoms with van der Waals surface area (Å²) in [6.45, 7) is 7.65. The molecule has 0 fully saturated rings. The van der Waals surface area contributed by atoms with Crippen LogP contribution in [0.5, 0.6) is 0 Å². The lowest BCUT2D eigenvalue weighted by Crippen LogP contribution is -2.07. The Hall–Kier alpha value is -2.22. The number of Topliss-reactive ketones (excluding diaryl/α,β-unsaturated/α-hetero) is 2. The quantitative estimate of drug-likeness (QED) is 0.707. The molecule has 0 saturated carbocycles. The molecule has 0 bridgehead atoms. The molecule has 0 aliphatic heterocycles. The second-order valence-electron chi connectivity index (χ2n) is 6.61. The van der Waals surface area contributed by atoms with E-state index in [2.05, 4.69) is 0 Å². The molecule has 0 N–H and O–H groups in total. The second kappa shape index (κ2) is 7.36. The largest absolute Gasteiger partial charge is 0.294 e. The van der Waals surface area contributed by atoms with Crippen LogP contribution in [-0.4, -0.2) is 11.6 Å². The first kappa shape index (κ1) is 17.1. The number of carbonyl (C=O) groups is 2. The fourth-order valence-electron chi connectivity index (χ4n) is 2.48. The summed E-state index contributed by atoms with van der Waals surface area (Å²) < 4.78 is 0. The van der Waals surface area contributed by atoms with Crippen LogP contribution in [0.3, 0.4) is 0 Å². The summed E-state index contributed by atoms with van der Waals surface area (Å²) in [5.41, 5.74) is 3.85. The molecule has 120 valence electrons. The van der Waals surface area contributed by atoms with E-state index in [-0.39, 0.29) is 23.4 Å². The second-order valence-corrected chi connectivity index (χ2v) is 6.61. The molecular weight excluding hydrogens is 284 g/mol. The lowest BCUT2D eigenvalue weighted by molar-refractivity contribution is 0.0932. The molecule has 2 heteroatoms. The summed E-state index contributed by atoms with van der Waals surface area (Å²) in [6, 6.07) is 15.6. The van der Waals surface area contributed by atoms with Crippen molar-refractivity contribution in [2.75, 3.05) is 0 Å². The molecule has 0 atom stereocenters. The Morgan fingerprint density at radius 3 is 1.22 bits per heavy atom. The van der Waals surface area contributed by atoms with Crippen LogP contribution in [0.2, 0.25) is 0 Å². The number of ketones is 2. The molecule has 2 aromatic rings. The molecule has 23 heavy (non-hydrogen) atoms. The van der Waals surface area contributed by atoms with Gasteiger partial charge in [0, 0.05) is 23.0 Å². The van der Waals surface area contributed by atoms with Gasteiger partial charge in [0.25, 0.3) is 0 Å². The van der Waals surface area contributed by atoms with Crippen molar-refractivity contribution in [3.63, 3.8) is 0 Å². The molecule has 0 amide bonds. The summed E-state index contributed by atoms with van der Waals surface area (Å²) in [6.07, 6.45) is 0.798. The highest BCUT2D eigenvalue weighted by Gasteiger charge is 2.11. The normalized spacial score (nSPS) is 11.0. The Labute approximate surface area is 138 Å². The Bertz CT molecular complexity index is 615. The summed E-state index contributed by atoms with van der Waals surface area (Å²) in [7, 11) is 0. The third-order valence-electron chi connectivity index (χ3n) is 3.93. The van der Waals surface area contributed by atoms with Gasteiger partial charge in [-0.25, -0.2) is 0 Å². The lowest BCUT2D eigenvalue weighted by atomic mass is 9.96. The van der Waals surface area contributed by atoms with E-state index in [9.17, 15) is 9.59 Å². The van der Waals surface area contributed by atoms with Crippen LogP contribution >= 0.6 is 0 Å². The Kier molecular flexibility index (Phi) is 5.49. The van der Waals surface area contributed by atoms with Gasteiger partial charge < -0.3 is 0 Å². The molecule has 0 aromatic heterocycles. The van der Waals surface area contributed by atoms with Crippen molar-refractivity contribution < 1.29 is 9.59 Å². The molecule has 0 aliphatic rings. The Morgan fingerprint density at radius 2 is 0.957 bits per heavy atom. The van der Waals surface area contributed by atoms with E-state index in [0.29, 0.717) is 0 Å². The minimum Gasteiger partial charge on any atom is -0.294 e. The highest BCUT2D eigenvalue weighted by atomic mass is 16.1. The Morgan fingerprint density at radius 1 is 0.652 bits per heavy atom. The van der Waals surface area contributed by atoms with Gasteiger partial charge in [-0.15, -0.1) is 0 Å². The van der Waals surface area contributed by atoms with E-state index < -0.39 is 0 Å². The van der Waals surface area contributed by atoms with Crippen LogP contribution < -0.4 is 0 Å². The standard InChI is InChI=1S/C21H24O2/c1-14(2)20(22)18-9-5-16(6-10-18)13-17-7-11-19(12-8-17)21(23)15(3)4/h5-12,14-15H,13H2,1-4H3. The monoisotopic (exact) mass is 308 g/mol. The first-order valence-electron chi connectivity index (χ1n) is 8.14. The average Bonchev–Trinajstić information content (AvgIpc) is 2.54. The van der Waals surface area contributed by atoms with Crippen LogP contribution in [0.25, 0.3) is 0 Å². The van der Waals surface area contributed by atoms with E-state index in [1.165, 1.54) is 0 Å². The van der Waals surface area contributed by atoms with Crippen molar-refractivity contribution in [2.24, 2.45) is 11.8 Å². The summed E-state index contributed by atoms with van der Waals surface area (Å²) in [4.78, 5) is 23.9. The van der Waals surface area contributed by atoms with Crippen molar-refractivity contribution >= 4 is 11.6 Å². The molecule has 0 radical (unpaired) electrons. The third-order valence-corrected chi connectivity index (χ3v) is 3.93. The number of benzene rings is 2. The fraction of sp³-hybridized carbons (Fsp3) is 0.333. The predicted molar refractivity (Wildman–Crippen MR) is 94.0 cm³/mol. The maximum Gasteiger partial charge on any atom is 0.165 e. The first-order chi connectivity index (χ1) is 10.9. The van der Waals surface area contributed by atoms with Gasteiger partial charge in [0.2, 0.25) is 0 Å². The summed E-state index contributed by atoms with van der Waals surface area (Å²) in [5.74, 6) is 0.389. The van der Waals surface area contributed by atoms with Crippen LogP contribution in [0.15, 0.2) is 48.5 Å². The zero-order valence-corrected chi connectivity index (χ0v) is 14.3. The van der Waals surface area contributed by atoms with E-state index in [1.54, 1.807) is 0 Å². The fourth-order valence-corrected chi connectivity index (χ4v) is 2.48. The van der Waals surface area contributed by atoms with Crippen molar-refractivity contribution in [2.45, 2.75) is 34.1 Å².